The summed E-state index contributed by atoms with van der Waals surface area (Å²) in [7, 11) is 0. The molecule has 0 aromatic heterocycles. The van der Waals surface area contributed by atoms with Gasteiger partial charge in [-0.05, 0) is 12.8 Å². The molecule has 10 heteroatoms. The zero-order chi connectivity index (χ0) is 31.0. The first-order valence-electron chi connectivity index (χ1n) is 15.5. The highest BCUT2D eigenvalue weighted by Crippen LogP contribution is 2.11. The lowest BCUT2D eigenvalue weighted by Crippen LogP contribution is -2.46. The van der Waals surface area contributed by atoms with Gasteiger partial charge in [0.15, 0.2) is 0 Å². The Bertz CT molecular complexity index is 487. The van der Waals surface area contributed by atoms with Gasteiger partial charge in [0.2, 0.25) is 0 Å². The first kappa shape index (κ1) is 43.2. The Morgan fingerprint density at radius 2 is 0.675 bits per heavy atom. The standard InChI is InChI=1S/2C12H24O2.C6H14O6/c2*1-2-3-4-5-6-7-8-9-10-11-12(13)14;7-1-3(9)5(11)6(12)4(10)2-8/h2*2-11H2,1H3,(H,13,14);3-12H,1-2H2/t;;3-,4+,5-,6-/m..1/s1. The van der Waals surface area contributed by atoms with Crippen molar-refractivity contribution in [1.29, 1.82) is 0 Å². The van der Waals surface area contributed by atoms with Crippen molar-refractivity contribution >= 4 is 11.9 Å². The quantitative estimate of drug-likeness (QED) is 0.0714. The van der Waals surface area contributed by atoms with Crippen molar-refractivity contribution in [2.75, 3.05) is 13.2 Å². The summed E-state index contributed by atoms with van der Waals surface area (Å²) >= 11 is 0. The summed E-state index contributed by atoms with van der Waals surface area (Å²) in [6.07, 6.45) is 16.6. The van der Waals surface area contributed by atoms with E-state index in [2.05, 4.69) is 13.8 Å². The molecule has 4 atom stereocenters. The Kier molecular flexibility index (Phi) is 36.6. The van der Waals surface area contributed by atoms with Gasteiger partial charge in [-0.3, -0.25) is 9.59 Å². The fraction of sp³-hybridized carbons (Fsp3) is 0.933. The van der Waals surface area contributed by atoms with Gasteiger partial charge in [0, 0.05) is 12.8 Å². The number of aliphatic carboxylic acids is 2. The van der Waals surface area contributed by atoms with Gasteiger partial charge in [0.1, 0.15) is 24.4 Å². The van der Waals surface area contributed by atoms with Crippen LogP contribution in [-0.4, -0.2) is 90.4 Å². The topological polar surface area (TPSA) is 196 Å². The minimum atomic E-state index is -1.67. The average Bonchev–Trinajstić information content (AvgIpc) is 2.94. The van der Waals surface area contributed by atoms with E-state index in [9.17, 15) is 9.59 Å². The third kappa shape index (κ3) is 34.7. The molecule has 0 aromatic rings. The third-order valence-corrected chi connectivity index (χ3v) is 6.50. The molecule has 0 aromatic carbocycles. The monoisotopic (exact) mass is 582 g/mol. The number of carbonyl (C=O) groups is 2. The van der Waals surface area contributed by atoms with Gasteiger partial charge in [-0.1, -0.05) is 117 Å². The minimum absolute atomic E-state index is 0.343. The molecule has 0 unspecified atom stereocenters. The number of carboxylic acids is 2. The van der Waals surface area contributed by atoms with Crippen molar-refractivity contribution in [3.63, 3.8) is 0 Å². The van der Waals surface area contributed by atoms with E-state index in [1.807, 2.05) is 0 Å². The normalized spacial score (nSPS) is 13.7. The summed E-state index contributed by atoms with van der Waals surface area (Å²) in [5.41, 5.74) is 0. The van der Waals surface area contributed by atoms with Crippen LogP contribution in [0.4, 0.5) is 0 Å². The predicted molar refractivity (Wildman–Crippen MR) is 157 cm³/mol. The molecule has 0 aliphatic carbocycles. The zero-order valence-electron chi connectivity index (χ0n) is 25.3. The second-order valence-electron chi connectivity index (χ2n) is 10.4. The first-order valence-corrected chi connectivity index (χ1v) is 15.5. The van der Waals surface area contributed by atoms with Crippen LogP contribution in [0.5, 0.6) is 0 Å². The van der Waals surface area contributed by atoms with Crippen LogP contribution in [0.15, 0.2) is 0 Å². The highest BCUT2D eigenvalue weighted by atomic mass is 16.4. The molecule has 0 aliphatic heterocycles. The van der Waals surface area contributed by atoms with Gasteiger partial charge in [0.25, 0.3) is 0 Å². The number of hydrogen-bond acceptors (Lipinski definition) is 8. The third-order valence-electron chi connectivity index (χ3n) is 6.50. The van der Waals surface area contributed by atoms with Gasteiger partial charge in [0.05, 0.1) is 13.2 Å². The number of carboxylic acid groups (broad SMARTS) is 2. The van der Waals surface area contributed by atoms with E-state index < -0.39 is 49.6 Å². The Morgan fingerprint density at radius 3 is 0.875 bits per heavy atom. The van der Waals surface area contributed by atoms with E-state index in [0.717, 1.165) is 25.7 Å². The van der Waals surface area contributed by atoms with Crippen LogP contribution in [0.25, 0.3) is 0 Å². The molecule has 0 heterocycles. The van der Waals surface area contributed by atoms with Crippen molar-refractivity contribution in [1.82, 2.24) is 0 Å². The van der Waals surface area contributed by atoms with E-state index in [4.69, 9.17) is 40.9 Å². The van der Waals surface area contributed by atoms with Crippen molar-refractivity contribution in [2.45, 2.75) is 167 Å². The molecular formula is C30H62O10. The van der Waals surface area contributed by atoms with Crippen LogP contribution in [0.1, 0.15) is 142 Å². The lowest BCUT2D eigenvalue weighted by Gasteiger charge is -2.24. The predicted octanol–water partition coefficient (Wildman–Crippen LogP) is 4.40. The summed E-state index contributed by atoms with van der Waals surface area (Å²) in [4.78, 5) is 20.4. The maximum Gasteiger partial charge on any atom is 0.303 e. The minimum Gasteiger partial charge on any atom is -0.481 e. The van der Waals surface area contributed by atoms with E-state index in [-0.39, 0.29) is 0 Å². The van der Waals surface area contributed by atoms with Crippen molar-refractivity contribution < 1.29 is 50.4 Å². The largest absolute Gasteiger partial charge is 0.481 e. The van der Waals surface area contributed by atoms with Gasteiger partial charge >= 0.3 is 11.9 Å². The summed E-state index contributed by atoms with van der Waals surface area (Å²) in [5, 5.41) is 69.0. The highest BCUT2D eigenvalue weighted by molar-refractivity contribution is 5.66. The summed E-state index contributed by atoms with van der Waals surface area (Å²) < 4.78 is 0. The summed E-state index contributed by atoms with van der Waals surface area (Å²) in [6, 6.07) is 0. The molecule has 0 fully saturated rings. The number of aliphatic hydroxyl groups is 6. The summed E-state index contributed by atoms with van der Waals surface area (Å²) in [6.45, 7) is 3.00. The maximum absolute atomic E-state index is 10.2. The van der Waals surface area contributed by atoms with Crippen molar-refractivity contribution in [2.24, 2.45) is 0 Å². The number of rotatable bonds is 25. The van der Waals surface area contributed by atoms with E-state index >= 15 is 0 Å². The molecule has 242 valence electrons. The first-order chi connectivity index (χ1) is 19.1. The van der Waals surface area contributed by atoms with Gasteiger partial charge in [-0.25, -0.2) is 0 Å². The number of hydrogen-bond donors (Lipinski definition) is 8. The molecule has 0 rings (SSSR count). The van der Waals surface area contributed by atoms with Gasteiger partial charge in [-0.15, -0.1) is 0 Å². The fourth-order valence-electron chi connectivity index (χ4n) is 3.84. The smallest absolute Gasteiger partial charge is 0.303 e. The van der Waals surface area contributed by atoms with E-state index in [0.29, 0.717) is 12.8 Å². The van der Waals surface area contributed by atoms with Crippen molar-refractivity contribution in [3.05, 3.63) is 0 Å². The average molecular weight is 583 g/mol. The maximum atomic E-state index is 10.2. The molecule has 40 heavy (non-hydrogen) atoms. The SMILES string of the molecule is CCCCCCCCCCCC(=O)O.CCCCCCCCCCCC(=O)O.OC[C@@H](O)[C@@H](O)[C@H](O)[C@@H](O)CO. The van der Waals surface area contributed by atoms with Crippen LogP contribution in [-0.2, 0) is 9.59 Å². The molecule has 10 nitrogen and oxygen atoms in total. The highest BCUT2D eigenvalue weighted by Gasteiger charge is 2.29. The Balaban J connectivity index is -0.000000515. The molecule has 0 amide bonds. The Morgan fingerprint density at radius 1 is 0.450 bits per heavy atom. The van der Waals surface area contributed by atoms with Crippen LogP contribution in [0, 0.1) is 0 Å². The van der Waals surface area contributed by atoms with Crippen LogP contribution in [0.3, 0.4) is 0 Å². The molecule has 8 N–H and O–H groups in total. The molecule has 0 aliphatic rings. The Labute approximate surface area is 242 Å². The Hall–Kier alpha value is -1.30. The van der Waals surface area contributed by atoms with Crippen LogP contribution in [0.2, 0.25) is 0 Å². The van der Waals surface area contributed by atoms with Crippen LogP contribution < -0.4 is 0 Å². The number of aliphatic hydroxyl groups excluding tert-OH is 6. The number of unbranched alkanes of at least 4 members (excludes halogenated alkanes) is 16. The van der Waals surface area contributed by atoms with Crippen molar-refractivity contribution in [3.8, 4) is 0 Å². The summed E-state index contributed by atoms with van der Waals surface area (Å²) in [5.74, 6) is -1.32. The molecule has 0 spiro atoms. The van der Waals surface area contributed by atoms with Gasteiger partial charge < -0.3 is 40.9 Å². The second-order valence-corrected chi connectivity index (χ2v) is 10.4. The second kappa shape index (κ2) is 33.9. The van der Waals surface area contributed by atoms with Crippen LogP contribution >= 0.6 is 0 Å². The molecular weight excluding hydrogens is 520 g/mol. The van der Waals surface area contributed by atoms with Gasteiger partial charge in [-0.2, -0.15) is 0 Å². The van der Waals surface area contributed by atoms with E-state index in [1.54, 1.807) is 0 Å². The zero-order valence-corrected chi connectivity index (χ0v) is 25.3. The molecule has 0 saturated heterocycles. The van der Waals surface area contributed by atoms with E-state index in [1.165, 1.54) is 89.9 Å². The lowest BCUT2D eigenvalue weighted by molar-refractivity contribution is -0.138. The lowest BCUT2D eigenvalue weighted by atomic mass is 10.0. The fourth-order valence-corrected chi connectivity index (χ4v) is 3.84. The molecule has 0 saturated carbocycles. The molecule has 0 bridgehead atoms. The molecule has 0 radical (unpaired) electrons.